The summed E-state index contributed by atoms with van der Waals surface area (Å²) in [7, 11) is 1.33. The molecule has 0 rings (SSSR count). The lowest BCUT2D eigenvalue weighted by Gasteiger charge is -2.28. The van der Waals surface area contributed by atoms with E-state index in [0.717, 1.165) is 64.2 Å². The zero-order chi connectivity index (χ0) is 44.8. The third-order valence-electron chi connectivity index (χ3n) is 10.6. The molecule has 0 amide bonds. The van der Waals surface area contributed by atoms with E-state index in [1.165, 1.54) is 116 Å². The van der Waals surface area contributed by atoms with Crippen LogP contribution in [-0.2, 0) is 27.9 Å². The first-order chi connectivity index (χ1) is 29.6. The van der Waals surface area contributed by atoms with Gasteiger partial charge in [0, 0.05) is 13.0 Å². The van der Waals surface area contributed by atoms with Gasteiger partial charge < -0.3 is 27.9 Å². The molecule has 61 heavy (non-hydrogen) atoms. The van der Waals surface area contributed by atoms with E-state index in [1.54, 1.807) is 0 Å². The topological polar surface area (TPSA) is 94.1 Å². The maximum Gasteiger partial charge on any atom is 0.306 e. The standard InChI is InChI=1S/C52H96NO7P/c1-6-8-10-12-14-16-18-20-22-24-26-28-30-32-34-36-38-40-42-44-47-57-49-51(50-59-61(55,56)58-48-46-53(3,4)5)60-52(54)45-43-41-39-37-35-33-31-29-27-25-23-21-19-17-15-13-11-9-7-2/h9,11,15,17,21,23,27,29,33,35,51H,6-8,10,12-14,16,18-20,22,24-26,28,30-32,34,36-50H2,1-5H3/b11-9-,17-15-,23-21-,29-27-,35-33-. The van der Waals surface area contributed by atoms with Gasteiger partial charge in [-0.25, -0.2) is 0 Å². The van der Waals surface area contributed by atoms with Crippen LogP contribution in [0.2, 0.25) is 0 Å². The number of quaternary nitrogens is 1. The predicted molar refractivity (Wildman–Crippen MR) is 259 cm³/mol. The van der Waals surface area contributed by atoms with E-state index in [0.29, 0.717) is 24.1 Å². The van der Waals surface area contributed by atoms with Crippen molar-refractivity contribution in [3.05, 3.63) is 60.8 Å². The summed E-state index contributed by atoms with van der Waals surface area (Å²) >= 11 is 0. The lowest BCUT2D eigenvalue weighted by molar-refractivity contribution is -0.870. The summed E-state index contributed by atoms with van der Waals surface area (Å²) in [6.07, 6.45) is 56.7. The van der Waals surface area contributed by atoms with Gasteiger partial charge in [-0.15, -0.1) is 0 Å². The Morgan fingerprint density at radius 2 is 0.951 bits per heavy atom. The second-order valence-corrected chi connectivity index (χ2v) is 19.2. The summed E-state index contributed by atoms with van der Waals surface area (Å²) in [5.74, 6) is -0.363. The van der Waals surface area contributed by atoms with Crippen LogP contribution in [-0.4, -0.2) is 70.7 Å². The van der Waals surface area contributed by atoms with Crippen molar-refractivity contribution in [2.45, 2.75) is 213 Å². The molecule has 0 bridgehead atoms. The molecule has 2 unspecified atom stereocenters. The van der Waals surface area contributed by atoms with Crippen LogP contribution >= 0.6 is 7.82 Å². The van der Waals surface area contributed by atoms with Crippen LogP contribution in [0.25, 0.3) is 0 Å². The lowest BCUT2D eigenvalue weighted by atomic mass is 10.0. The molecular formula is C52H96NO7P. The van der Waals surface area contributed by atoms with Crippen molar-refractivity contribution < 1.29 is 37.3 Å². The summed E-state index contributed by atoms with van der Waals surface area (Å²) in [5, 5.41) is 0. The first-order valence-corrected chi connectivity index (χ1v) is 26.5. The average Bonchev–Trinajstić information content (AvgIpc) is 3.22. The van der Waals surface area contributed by atoms with Crippen LogP contribution in [0.5, 0.6) is 0 Å². The molecule has 0 aromatic rings. The molecule has 0 fully saturated rings. The number of carbonyl (C=O) groups excluding carboxylic acids is 1. The Balaban J connectivity index is 4.21. The summed E-state index contributed by atoms with van der Waals surface area (Å²) in [6.45, 7) is 5.27. The highest BCUT2D eigenvalue weighted by atomic mass is 31.2. The first-order valence-electron chi connectivity index (χ1n) is 25.0. The molecule has 0 saturated heterocycles. The number of hydrogen-bond acceptors (Lipinski definition) is 7. The molecule has 8 nitrogen and oxygen atoms in total. The SMILES string of the molecule is CC/C=C\C/C=C\C/C=C\C/C=C\C/C=C\CCCCCC(=O)OC(COCCCCCCCCCCCCCCCCCCCCCC)COP(=O)([O-])OCC[N+](C)(C)C. The van der Waals surface area contributed by atoms with Crippen LogP contribution in [0.15, 0.2) is 60.8 Å². The number of nitrogens with zero attached hydrogens (tertiary/aromatic N) is 1. The van der Waals surface area contributed by atoms with Crippen LogP contribution < -0.4 is 4.89 Å². The molecule has 0 aliphatic rings. The third-order valence-corrected chi connectivity index (χ3v) is 11.5. The average molecular weight is 878 g/mol. The van der Waals surface area contributed by atoms with E-state index in [-0.39, 0.29) is 32.2 Å². The normalized spacial score (nSPS) is 14.1. The molecule has 0 aromatic carbocycles. The molecule has 0 heterocycles. The Labute approximate surface area is 377 Å². The first kappa shape index (κ1) is 59.2. The fourth-order valence-corrected chi connectivity index (χ4v) is 7.48. The summed E-state index contributed by atoms with van der Waals surface area (Å²) in [5.41, 5.74) is 0. The van der Waals surface area contributed by atoms with Crippen LogP contribution in [0, 0.1) is 0 Å². The maximum absolute atomic E-state index is 12.7. The fraction of sp³-hybridized carbons (Fsp3) is 0.788. The zero-order valence-electron chi connectivity index (χ0n) is 40.4. The van der Waals surface area contributed by atoms with Gasteiger partial charge in [0.05, 0.1) is 34.4 Å². The van der Waals surface area contributed by atoms with E-state index in [2.05, 4.69) is 74.6 Å². The van der Waals surface area contributed by atoms with Gasteiger partial charge in [-0.3, -0.25) is 9.36 Å². The molecule has 0 aromatic heterocycles. The molecule has 0 radical (unpaired) electrons. The van der Waals surface area contributed by atoms with E-state index >= 15 is 0 Å². The quantitative estimate of drug-likeness (QED) is 0.0198. The number of carbonyl (C=O) groups is 1. The van der Waals surface area contributed by atoms with Gasteiger partial charge in [0.1, 0.15) is 19.3 Å². The molecule has 0 aliphatic carbocycles. The van der Waals surface area contributed by atoms with Gasteiger partial charge in [0.25, 0.3) is 7.82 Å². The Morgan fingerprint density at radius 1 is 0.525 bits per heavy atom. The monoisotopic (exact) mass is 878 g/mol. The minimum Gasteiger partial charge on any atom is -0.756 e. The van der Waals surface area contributed by atoms with Gasteiger partial charge in [-0.05, 0) is 57.8 Å². The number of unbranched alkanes of at least 4 members (excludes halogenated alkanes) is 22. The molecule has 2 atom stereocenters. The van der Waals surface area contributed by atoms with E-state index in [4.69, 9.17) is 18.5 Å². The van der Waals surface area contributed by atoms with Gasteiger partial charge in [-0.1, -0.05) is 203 Å². The van der Waals surface area contributed by atoms with Crippen molar-refractivity contribution >= 4 is 13.8 Å². The fourth-order valence-electron chi connectivity index (χ4n) is 6.75. The van der Waals surface area contributed by atoms with Crippen molar-refractivity contribution in [2.24, 2.45) is 0 Å². The van der Waals surface area contributed by atoms with E-state index < -0.39 is 13.9 Å². The molecule has 0 aliphatic heterocycles. The number of esters is 1. The van der Waals surface area contributed by atoms with Crippen LogP contribution in [0.4, 0.5) is 0 Å². The second-order valence-electron chi connectivity index (χ2n) is 17.8. The molecular weight excluding hydrogens is 782 g/mol. The Bertz CT molecular complexity index is 1160. The van der Waals surface area contributed by atoms with Crippen LogP contribution in [0.3, 0.4) is 0 Å². The highest BCUT2D eigenvalue weighted by molar-refractivity contribution is 7.45. The van der Waals surface area contributed by atoms with Crippen molar-refractivity contribution in [2.75, 3.05) is 54.1 Å². The maximum atomic E-state index is 12.7. The molecule has 0 saturated carbocycles. The lowest BCUT2D eigenvalue weighted by Crippen LogP contribution is -2.37. The highest BCUT2D eigenvalue weighted by Gasteiger charge is 2.20. The van der Waals surface area contributed by atoms with E-state index in [1.807, 2.05) is 21.1 Å². The summed E-state index contributed by atoms with van der Waals surface area (Å²) in [6, 6.07) is 0. The minimum absolute atomic E-state index is 0.0181. The number of likely N-dealkylation sites (N-methyl/N-ethyl adjacent to an activating group) is 1. The zero-order valence-corrected chi connectivity index (χ0v) is 41.2. The van der Waals surface area contributed by atoms with Gasteiger partial charge >= 0.3 is 5.97 Å². The highest BCUT2D eigenvalue weighted by Crippen LogP contribution is 2.38. The summed E-state index contributed by atoms with van der Waals surface area (Å²) < 4.78 is 34.7. The number of phosphoric ester groups is 1. The van der Waals surface area contributed by atoms with E-state index in [9.17, 15) is 14.3 Å². The molecule has 356 valence electrons. The third kappa shape index (κ3) is 49.1. The van der Waals surface area contributed by atoms with Gasteiger partial charge in [0.15, 0.2) is 0 Å². The Hall–Kier alpha value is -1.80. The van der Waals surface area contributed by atoms with Gasteiger partial charge in [-0.2, -0.15) is 0 Å². The number of ether oxygens (including phenoxy) is 2. The smallest absolute Gasteiger partial charge is 0.306 e. The van der Waals surface area contributed by atoms with Gasteiger partial charge in [0.2, 0.25) is 0 Å². The molecule has 9 heteroatoms. The number of phosphoric acid groups is 1. The summed E-state index contributed by atoms with van der Waals surface area (Å²) in [4.78, 5) is 25.1. The molecule has 0 spiro atoms. The Morgan fingerprint density at radius 3 is 1.41 bits per heavy atom. The van der Waals surface area contributed by atoms with Crippen molar-refractivity contribution in [1.29, 1.82) is 0 Å². The van der Waals surface area contributed by atoms with Crippen molar-refractivity contribution in [1.82, 2.24) is 0 Å². The molecule has 0 N–H and O–H groups in total. The largest absolute Gasteiger partial charge is 0.756 e. The van der Waals surface area contributed by atoms with Crippen molar-refractivity contribution in [3.8, 4) is 0 Å². The number of rotatable bonds is 46. The predicted octanol–water partition coefficient (Wildman–Crippen LogP) is 14.6. The minimum atomic E-state index is -4.54. The Kier molecular flexibility index (Phi) is 43.5. The number of hydrogen-bond donors (Lipinski definition) is 0. The van der Waals surface area contributed by atoms with Crippen LogP contribution in [0.1, 0.15) is 206 Å². The van der Waals surface area contributed by atoms with Crippen molar-refractivity contribution in [3.63, 3.8) is 0 Å². The number of allylic oxidation sites excluding steroid dienone is 10. The second kappa shape index (κ2) is 44.8.